The summed E-state index contributed by atoms with van der Waals surface area (Å²) in [5, 5.41) is 9.61. The van der Waals surface area contributed by atoms with Crippen LogP contribution >= 0.6 is 0 Å². The Morgan fingerprint density at radius 1 is 1.00 bits per heavy atom. The van der Waals surface area contributed by atoms with Crippen LogP contribution < -0.4 is 0 Å². The van der Waals surface area contributed by atoms with Gasteiger partial charge in [-0.15, -0.1) is 0 Å². The first-order valence-electron chi connectivity index (χ1n) is 9.18. The van der Waals surface area contributed by atoms with Gasteiger partial charge in [0.25, 0.3) is 0 Å². The molecule has 1 aromatic rings. The second kappa shape index (κ2) is 8.53. The molecule has 1 heteroatoms. The van der Waals surface area contributed by atoms with Crippen LogP contribution in [-0.2, 0) is 6.42 Å². The van der Waals surface area contributed by atoms with Crippen LogP contribution in [0.5, 0.6) is 0 Å². The van der Waals surface area contributed by atoms with E-state index in [4.69, 9.17) is 0 Å². The van der Waals surface area contributed by atoms with E-state index < -0.39 is 0 Å². The SMILES string of the molecule is CCC.CCC1=Cc2ccc(C3CCC(O)CC3)cc2CC1. The molecular weight excluding hydrogens is 268 g/mol. The quantitative estimate of drug-likeness (QED) is 0.725. The second-order valence-corrected chi connectivity index (χ2v) is 6.83. The number of aliphatic hydroxyl groups is 1. The zero-order valence-electron chi connectivity index (χ0n) is 14.6. The van der Waals surface area contributed by atoms with Gasteiger partial charge in [0.15, 0.2) is 0 Å². The Morgan fingerprint density at radius 3 is 2.32 bits per heavy atom. The van der Waals surface area contributed by atoms with Gasteiger partial charge in [0.05, 0.1) is 6.10 Å². The standard InChI is InChI=1S/C18H24O.C3H8/c1-2-13-3-4-17-12-16(6-5-15(17)11-13)14-7-9-18(19)10-8-14;1-3-2/h5-6,11-12,14,18-19H,2-4,7-10H2,1H3;3H2,1-2H3. The largest absolute Gasteiger partial charge is 0.393 e. The lowest BCUT2D eigenvalue weighted by Gasteiger charge is -2.27. The highest BCUT2D eigenvalue weighted by Gasteiger charge is 2.21. The predicted molar refractivity (Wildman–Crippen MR) is 96.2 cm³/mol. The number of aryl methyl sites for hydroxylation is 1. The highest BCUT2D eigenvalue weighted by atomic mass is 16.3. The zero-order chi connectivity index (χ0) is 15.9. The lowest BCUT2D eigenvalue weighted by atomic mass is 9.80. The Bertz CT molecular complexity index is 493. The molecule has 3 rings (SSSR count). The molecule has 0 amide bonds. The number of aliphatic hydroxyl groups excluding tert-OH is 1. The molecule has 1 nitrogen and oxygen atoms in total. The van der Waals surface area contributed by atoms with Crippen LogP contribution in [0.25, 0.3) is 6.08 Å². The molecule has 1 N–H and O–H groups in total. The average Bonchev–Trinajstić information content (AvgIpc) is 2.55. The molecule has 0 atom stereocenters. The molecule has 0 bridgehead atoms. The maximum Gasteiger partial charge on any atom is 0.0540 e. The van der Waals surface area contributed by atoms with Gasteiger partial charge in [-0.3, -0.25) is 0 Å². The summed E-state index contributed by atoms with van der Waals surface area (Å²) in [6.45, 7) is 6.50. The smallest absolute Gasteiger partial charge is 0.0540 e. The summed E-state index contributed by atoms with van der Waals surface area (Å²) in [4.78, 5) is 0. The third-order valence-electron chi connectivity index (χ3n) is 4.86. The van der Waals surface area contributed by atoms with Crippen molar-refractivity contribution < 1.29 is 5.11 Å². The molecular formula is C21H32O. The van der Waals surface area contributed by atoms with E-state index in [1.807, 2.05) is 0 Å². The fraction of sp³-hybridized carbons (Fsp3) is 0.619. The number of rotatable bonds is 2. The van der Waals surface area contributed by atoms with Gasteiger partial charge < -0.3 is 5.11 Å². The molecule has 0 saturated heterocycles. The topological polar surface area (TPSA) is 20.2 Å². The third-order valence-corrected chi connectivity index (χ3v) is 4.86. The molecule has 0 heterocycles. The number of allylic oxidation sites excluding steroid dienone is 1. The molecule has 0 unspecified atom stereocenters. The summed E-state index contributed by atoms with van der Waals surface area (Å²) < 4.78 is 0. The van der Waals surface area contributed by atoms with E-state index in [0.29, 0.717) is 5.92 Å². The molecule has 1 saturated carbocycles. The fourth-order valence-corrected chi connectivity index (χ4v) is 3.51. The highest BCUT2D eigenvalue weighted by Crippen LogP contribution is 2.35. The van der Waals surface area contributed by atoms with E-state index in [0.717, 1.165) is 25.7 Å². The zero-order valence-corrected chi connectivity index (χ0v) is 14.6. The van der Waals surface area contributed by atoms with Crippen molar-refractivity contribution >= 4 is 6.08 Å². The van der Waals surface area contributed by atoms with Crippen LogP contribution in [0.3, 0.4) is 0 Å². The Kier molecular flexibility index (Phi) is 6.70. The van der Waals surface area contributed by atoms with Crippen molar-refractivity contribution in [3.63, 3.8) is 0 Å². The molecule has 0 aliphatic heterocycles. The minimum Gasteiger partial charge on any atom is -0.393 e. The van der Waals surface area contributed by atoms with Crippen LogP contribution in [0.4, 0.5) is 0 Å². The van der Waals surface area contributed by atoms with Gasteiger partial charge in [-0.2, -0.15) is 0 Å². The Labute approximate surface area is 136 Å². The highest BCUT2D eigenvalue weighted by molar-refractivity contribution is 5.60. The van der Waals surface area contributed by atoms with E-state index in [2.05, 4.69) is 45.0 Å². The van der Waals surface area contributed by atoms with Crippen molar-refractivity contribution in [2.45, 2.75) is 84.2 Å². The van der Waals surface area contributed by atoms with Gasteiger partial charge in [0, 0.05) is 0 Å². The van der Waals surface area contributed by atoms with Gasteiger partial charge in [-0.25, -0.2) is 0 Å². The molecule has 2 aliphatic rings. The van der Waals surface area contributed by atoms with E-state index in [1.165, 1.54) is 42.4 Å². The Hall–Kier alpha value is -1.08. The summed E-state index contributed by atoms with van der Waals surface area (Å²) in [7, 11) is 0. The fourth-order valence-electron chi connectivity index (χ4n) is 3.51. The van der Waals surface area contributed by atoms with E-state index in [-0.39, 0.29) is 6.10 Å². The first-order valence-corrected chi connectivity index (χ1v) is 9.18. The minimum atomic E-state index is -0.0519. The molecule has 122 valence electrons. The lowest BCUT2D eigenvalue weighted by molar-refractivity contribution is 0.122. The molecule has 1 fully saturated rings. The molecule has 0 radical (unpaired) electrons. The molecule has 22 heavy (non-hydrogen) atoms. The van der Waals surface area contributed by atoms with Crippen molar-refractivity contribution in [1.82, 2.24) is 0 Å². The maximum absolute atomic E-state index is 9.61. The van der Waals surface area contributed by atoms with Gasteiger partial charge in [0.2, 0.25) is 0 Å². The summed E-state index contributed by atoms with van der Waals surface area (Å²) >= 11 is 0. The van der Waals surface area contributed by atoms with Crippen molar-refractivity contribution in [2.24, 2.45) is 0 Å². The van der Waals surface area contributed by atoms with Crippen LogP contribution in [0.2, 0.25) is 0 Å². The van der Waals surface area contributed by atoms with E-state index >= 15 is 0 Å². The number of hydrogen-bond donors (Lipinski definition) is 1. The first-order chi connectivity index (χ1) is 10.7. The minimum absolute atomic E-state index is 0.0519. The van der Waals surface area contributed by atoms with Crippen molar-refractivity contribution in [3.8, 4) is 0 Å². The summed E-state index contributed by atoms with van der Waals surface area (Å²) in [5.41, 5.74) is 6.04. The summed E-state index contributed by atoms with van der Waals surface area (Å²) in [6.07, 6.45) is 11.4. The predicted octanol–water partition coefficient (Wildman–Crippen LogP) is 5.86. The van der Waals surface area contributed by atoms with E-state index in [9.17, 15) is 5.11 Å². The summed E-state index contributed by atoms with van der Waals surface area (Å²) in [6, 6.07) is 7.06. The van der Waals surface area contributed by atoms with Crippen molar-refractivity contribution in [1.29, 1.82) is 0 Å². The van der Waals surface area contributed by atoms with Crippen LogP contribution in [-0.4, -0.2) is 11.2 Å². The second-order valence-electron chi connectivity index (χ2n) is 6.83. The normalized spacial score (nSPS) is 23.9. The van der Waals surface area contributed by atoms with E-state index in [1.54, 1.807) is 5.57 Å². The van der Waals surface area contributed by atoms with Crippen molar-refractivity contribution in [3.05, 3.63) is 40.5 Å². The average molecular weight is 300 g/mol. The summed E-state index contributed by atoms with van der Waals surface area (Å²) in [5.74, 6) is 0.672. The van der Waals surface area contributed by atoms with Crippen LogP contribution in [0.1, 0.15) is 88.3 Å². The number of hydrogen-bond acceptors (Lipinski definition) is 1. The maximum atomic E-state index is 9.61. The molecule has 0 aromatic heterocycles. The first kappa shape index (κ1) is 17.3. The number of benzene rings is 1. The van der Waals surface area contributed by atoms with Gasteiger partial charge in [-0.05, 0) is 67.6 Å². The molecule has 0 spiro atoms. The Balaban J connectivity index is 0.000000545. The van der Waals surface area contributed by atoms with Gasteiger partial charge in [0.1, 0.15) is 0 Å². The molecule has 2 aliphatic carbocycles. The lowest BCUT2D eigenvalue weighted by Crippen LogP contribution is -2.17. The molecule has 1 aromatic carbocycles. The van der Waals surface area contributed by atoms with Crippen LogP contribution in [0, 0.1) is 0 Å². The third kappa shape index (κ3) is 4.46. The Morgan fingerprint density at radius 2 is 1.68 bits per heavy atom. The monoisotopic (exact) mass is 300 g/mol. The number of fused-ring (bicyclic) bond motifs is 1. The van der Waals surface area contributed by atoms with Crippen molar-refractivity contribution in [2.75, 3.05) is 0 Å². The van der Waals surface area contributed by atoms with Crippen LogP contribution in [0.15, 0.2) is 23.8 Å². The van der Waals surface area contributed by atoms with Gasteiger partial charge in [-0.1, -0.05) is 57.0 Å². The van der Waals surface area contributed by atoms with Gasteiger partial charge >= 0.3 is 0 Å².